The van der Waals surface area contributed by atoms with E-state index in [0.717, 1.165) is 26.1 Å². The minimum Gasteiger partial charge on any atom is -0.344 e. The van der Waals surface area contributed by atoms with Crippen molar-refractivity contribution in [3.05, 3.63) is 35.4 Å². The number of nitrogens with zero attached hydrogens (tertiary/aromatic N) is 2. The molecule has 0 aromatic heterocycles. The maximum atomic E-state index is 12.1. The Morgan fingerprint density at radius 3 is 2.67 bits per heavy atom. The van der Waals surface area contributed by atoms with Gasteiger partial charge in [-0.25, -0.2) is 0 Å². The summed E-state index contributed by atoms with van der Waals surface area (Å²) in [6.07, 6.45) is 0.953. The van der Waals surface area contributed by atoms with Crippen LogP contribution in [-0.2, 0) is 11.3 Å². The molecule has 0 N–H and O–H groups in total. The topological polar surface area (TPSA) is 23.6 Å². The van der Waals surface area contributed by atoms with Crippen LogP contribution in [0.5, 0.6) is 0 Å². The van der Waals surface area contributed by atoms with E-state index >= 15 is 0 Å². The number of hydrogen-bond donors (Lipinski definition) is 0. The zero-order chi connectivity index (χ0) is 13.1. The fraction of sp³-hybridized carbons (Fsp3) is 0.533. The van der Waals surface area contributed by atoms with Gasteiger partial charge in [0.05, 0.1) is 6.04 Å². The van der Waals surface area contributed by atoms with Gasteiger partial charge in [-0.3, -0.25) is 9.69 Å². The molecule has 18 heavy (non-hydrogen) atoms. The highest BCUT2D eigenvalue weighted by Crippen LogP contribution is 2.19. The Morgan fingerprint density at radius 2 is 2.11 bits per heavy atom. The van der Waals surface area contributed by atoms with E-state index in [1.807, 2.05) is 11.9 Å². The Kier molecular flexibility index (Phi) is 4.02. The van der Waals surface area contributed by atoms with Gasteiger partial charge in [0.2, 0.25) is 5.91 Å². The van der Waals surface area contributed by atoms with Crippen molar-refractivity contribution >= 4 is 5.91 Å². The lowest BCUT2D eigenvalue weighted by molar-refractivity contribution is -0.131. The van der Waals surface area contributed by atoms with Crippen LogP contribution in [-0.4, -0.2) is 41.9 Å². The van der Waals surface area contributed by atoms with Crippen LogP contribution in [0.4, 0.5) is 0 Å². The van der Waals surface area contributed by atoms with Crippen molar-refractivity contribution in [2.24, 2.45) is 0 Å². The second-order valence-electron chi connectivity index (χ2n) is 5.05. The van der Waals surface area contributed by atoms with Crippen molar-refractivity contribution in [3.8, 4) is 0 Å². The Labute approximate surface area is 109 Å². The molecule has 1 aromatic carbocycles. The molecule has 1 aliphatic heterocycles. The van der Waals surface area contributed by atoms with Crippen LogP contribution in [0, 0.1) is 6.92 Å². The van der Waals surface area contributed by atoms with Gasteiger partial charge < -0.3 is 4.90 Å². The molecular weight excluding hydrogens is 224 g/mol. The smallest absolute Gasteiger partial charge is 0.239 e. The quantitative estimate of drug-likeness (QED) is 0.812. The summed E-state index contributed by atoms with van der Waals surface area (Å²) in [6.45, 7) is 6.93. The predicted molar refractivity (Wildman–Crippen MR) is 73.3 cm³/mol. The van der Waals surface area contributed by atoms with Gasteiger partial charge in [-0.05, 0) is 31.0 Å². The molecule has 0 saturated carbocycles. The molecule has 3 nitrogen and oxygen atoms in total. The molecule has 3 heteroatoms. The summed E-state index contributed by atoms with van der Waals surface area (Å²) in [5, 5.41) is 0. The number of likely N-dealkylation sites (N-methyl/N-ethyl adjacent to an activating group) is 2. The third kappa shape index (κ3) is 2.56. The summed E-state index contributed by atoms with van der Waals surface area (Å²) in [5.74, 6) is 0.269. The molecule has 0 bridgehead atoms. The Balaban J connectivity index is 2.11. The maximum Gasteiger partial charge on any atom is 0.239 e. The highest BCUT2D eigenvalue weighted by atomic mass is 16.2. The second kappa shape index (κ2) is 5.53. The molecule has 1 aliphatic rings. The molecule has 1 amide bonds. The number of likely N-dealkylation sites (tertiary alicyclic amines) is 1. The molecular formula is C15H22N2O. The molecule has 0 radical (unpaired) electrons. The van der Waals surface area contributed by atoms with Crippen molar-refractivity contribution in [1.29, 1.82) is 0 Å². The highest BCUT2D eigenvalue weighted by molar-refractivity contribution is 5.83. The van der Waals surface area contributed by atoms with Gasteiger partial charge in [0.25, 0.3) is 0 Å². The number of aryl methyl sites for hydroxylation is 1. The molecule has 0 spiro atoms. The van der Waals surface area contributed by atoms with Crippen molar-refractivity contribution in [2.75, 3.05) is 20.1 Å². The highest BCUT2D eigenvalue weighted by Gasteiger charge is 2.33. The zero-order valence-electron chi connectivity index (χ0n) is 11.5. The van der Waals surface area contributed by atoms with Crippen LogP contribution in [0.15, 0.2) is 24.3 Å². The van der Waals surface area contributed by atoms with Crippen molar-refractivity contribution in [3.63, 3.8) is 0 Å². The molecule has 0 aliphatic carbocycles. The third-order valence-electron chi connectivity index (χ3n) is 3.88. The lowest BCUT2D eigenvalue weighted by Gasteiger charge is -2.26. The van der Waals surface area contributed by atoms with Crippen LogP contribution < -0.4 is 0 Å². The minimum absolute atomic E-state index is 0.0691. The molecule has 1 saturated heterocycles. The number of carbonyl (C=O) groups excluding carboxylic acids is 1. The molecule has 1 aromatic rings. The summed E-state index contributed by atoms with van der Waals surface area (Å²) in [6, 6.07) is 8.48. The van der Waals surface area contributed by atoms with Gasteiger partial charge >= 0.3 is 0 Å². The van der Waals surface area contributed by atoms with E-state index in [4.69, 9.17) is 0 Å². The summed E-state index contributed by atoms with van der Waals surface area (Å²) in [5.41, 5.74) is 2.62. The first-order valence-electron chi connectivity index (χ1n) is 6.67. The van der Waals surface area contributed by atoms with Gasteiger partial charge in [-0.15, -0.1) is 0 Å². The van der Waals surface area contributed by atoms with Crippen LogP contribution in [0.3, 0.4) is 0 Å². The number of hydrogen-bond acceptors (Lipinski definition) is 2. The summed E-state index contributed by atoms with van der Waals surface area (Å²) < 4.78 is 0. The van der Waals surface area contributed by atoms with E-state index in [-0.39, 0.29) is 11.9 Å². The predicted octanol–water partition coefficient (Wildman–Crippen LogP) is 2.05. The molecule has 2 rings (SSSR count). The molecule has 0 unspecified atom stereocenters. The molecule has 98 valence electrons. The van der Waals surface area contributed by atoms with Crippen LogP contribution >= 0.6 is 0 Å². The molecule has 1 fully saturated rings. The maximum absolute atomic E-state index is 12.1. The number of benzene rings is 1. The van der Waals surface area contributed by atoms with Gasteiger partial charge in [0, 0.05) is 20.1 Å². The van der Waals surface area contributed by atoms with Gasteiger partial charge in [-0.1, -0.05) is 31.2 Å². The number of rotatable bonds is 4. The Morgan fingerprint density at radius 1 is 1.39 bits per heavy atom. The Hall–Kier alpha value is -1.35. The van der Waals surface area contributed by atoms with Crippen LogP contribution in [0.2, 0.25) is 0 Å². The first-order valence-corrected chi connectivity index (χ1v) is 6.67. The van der Waals surface area contributed by atoms with Crippen molar-refractivity contribution < 1.29 is 4.79 Å². The fourth-order valence-electron chi connectivity index (χ4n) is 2.59. The average molecular weight is 246 g/mol. The lowest BCUT2D eigenvalue weighted by atomic mass is 10.1. The second-order valence-corrected chi connectivity index (χ2v) is 5.05. The van der Waals surface area contributed by atoms with E-state index in [1.54, 1.807) is 0 Å². The standard InChI is InChI=1S/C15H22N2O/c1-4-17(14-9-10-16(3)15(14)18)11-13-8-6-5-7-12(13)2/h5-8,14H,4,9-11H2,1-3H3/t14-/m1/s1. The average Bonchev–Trinajstić information content (AvgIpc) is 2.70. The van der Waals surface area contributed by atoms with Crippen LogP contribution in [0.1, 0.15) is 24.5 Å². The minimum atomic E-state index is 0.0691. The van der Waals surface area contributed by atoms with E-state index in [0.29, 0.717) is 0 Å². The van der Waals surface area contributed by atoms with E-state index < -0.39 is 0 Å². The molecule has 1 atom stereocenters. The fourth-order valence-corrected chi connectivity index (χ4v) is 2.59. The normalized spacial score (nSPS) is 19.9. The van der Waals surface area contributed by atoms with Gasteiger partial charge in [0.1, 0.15) is 0 Å². The molecule has 1 heterocycles. The number of amides is 1. The van der Waals surface area contributed by atoms with Crippen LogP contribution in [0.25, 0.3) is 0 Å². The summed E-state index contributed by atoms with van der Waals surface area (Å²) in [4.78, 5) is 16.2. The summed E-state index contributed by atoms with van der Waals surface area (Å²) >= 11 is 0. The zero-order valence-corrected chi connectivity index (χ0v) is 11.5. The van der Waals surface area contributed by atoms with E-state index in [9.17, 15) is 4.79 Å². The first-order chi connectivity index (χ1) is 8.63. The first kappa shape index (κ1) is 13.1. The lowest BCUT2D eigenvalue weighted by Crippen LogP contribution is -2.40. The van der Waals surface area contributed by atoms with Gasteiger partial charge in [-0.2, -0.15) is 0 Å². The van der Waals surface area contributed by atoms with E-state index in [1.165, 1.54) is 11.1 Å². The number of carbonyl (C=O) groups is 1. The van der Waals surface area contributed by atoms with Gasteiger partial charge in [0.15, 0.2) is 0 Å². The monoisotopic (exact) mass is 246 g/mol. The Bertz CT molecular complexity index is 430. The third-order valence-corrected chi connectivity index (χ3v) is 3.88. The van der Waals surface area contributed by atoms with Crippen molar-refractivity contribution in [1.82, 2.24) is 9.80 Å². The SMILES string of the molecule is CCN(Cc1ccccc1C)[C@@H]1CCN(C)C1=O. The van der Waals surface area contributed by atoms with Crippen molar-refractivity contribution in [2.45, 2.75) is 32.9 Å². The summed E-state index contributed by atoms with van der Waals surface area (Å²) in [7, 11) is 1.89. The van der Waals surface area contributed by atoms with E-state index in [2.05, 4.69) is 43.0 Å². The largest absolute Gasteiger partial charge is 0.344 e.